The third kappa shape index (κ3) is 5.08. The lowest BCUT2D eigenvalue weighted by Gasteiger charge is -2.33. The van der Waals surface area contributed by atoms with Gasteiger partial charge in [0.25, 0.3) is 5.91 Å². The zero-order chi connectivity index (χ0) is 19.6. The minimum atomic E-state index is -2.57. The third-order valence-electron chi connectivity index (χ3n) is 4.47. The van der Waals surface area contributed by atoms with Crippen LogP contribution in [0.3, 0.4) is 0 Å². The molecule has 148 valence electrons. The molecule has 3 rings (SSSR count). The van der Waals surface area contributed by atoms with Gasteiger partial charge in [-0.25, -0.2) is 4.79 Å². The number of nitrogens with zero attached hydrogens (tertiary/aromatic N) is 1. The summed E-state index contributed by atoms with van der Waals surface area (Å²) in [5.74, 6) is -0.0615. The van der Waals surface area contributed by atoms with Crippen LogP contribution in [0.4, 0.5) is 10.5 Å². The molecule has 0 aromatic heterocycles. The second kappa shape index (κ2) is 8.28. The normalized spacial score (nSPS) is 25.4. The maximum absolute atomic E-state index is 12.1. The second-order valence-corrected chi connectivity index (χ2v) is 9.61. The number of halogens is 2. The van der Waals surface area contributed by atoms with Gasteiger partial charge in [-0.05, 0) is 24.1 Å². The Morgan fingerprint density at radius 2 is 2.04 bits per heavy atom. The molecule has 0 radical (unpaired) electrons. The van der Waals surface area contributed by atoms with Gasteiger partial charge in [0.15, 0.2) is 4.84 Å². The molecule has 2 aliphatic rings. The molecule has 1 aromatic carbocycles. The Labute approximate surface area is 168 Å². The average molecular weight is 435 g/mol. The molecule has 1 fully saturated rings. The van der Waals surface area contributed by atoms with Gasteiger partial charge in [0, 0.05) is 22.8 Å². The van der Waals surface area contributed by atoms with Crippen LogP contribution >= 0.6 is 33.8 Å². The highest BCUT2D eigenvalue weighted by Gasteiger charge is 2.33. The molecule has 3 N–H and O–H groups in total. The van der Waals surface area contributed by atoms with Gasteiger partial charge < -0.3 is 10.1 Å². The van der Waals surface area contributed by atoms with E-state index in [1.165, 1.54) is 10.3 Å². The fourth-order valence-corrected chi connectivity index (χ4v) is 4.33. The molecular formula is C17H20Cl2N2O5S. The lowest BCUT2D eigenvalue weighted by atomic mass is 9.96. The first-order valence-electron chi connectivity index (χ1n) is 8.33. The summed E-state index contributed by atoms with van der Waals surface area (Å²) < 4.78 is 24.5. The summed E-state index contributed by atoms with van der Waals surface area (Å²) in [6, 6.07) is 7.47. The van der Waals surface area contributed by atoms with Crippen molar-refractivity contribution in [1.82, 2.24) is 5.32 Å². The van der Waals surface area contributed by atoms with Crippen molar-refractivity contribution in [2.45, 2.75) is 23.3 Å². The number of carbonyl (C=O) groups excluding carboxylic acids is 2. The summed E-state index contributed by atoms with van der Waals surface area (Å²) in [6.07, 6.45) is 1.51. The molecule has 2 atom stereocenters. The predicted molar refractivity (Wildman–Crippen MR) is 107 cm³/mol. The molecule has 0 saturated carbocycles. The number of ether oxygens (including phenoxy) is 1. The summed E-state index contributed by atoms with van der Waals surface area (Å²) in [4.78, 5) is 23.8. The molecule has 7 nitrogen and oxygen atoms in total. The monoisotopic (exact) mass is 434 g/mol. The summed E-state index contributed by atoms with van der Waals surface area (Å²) in [5, 5.41) is 4.01. The van der Waals surface area contributed by atoms with Crippen molar-refractivity contribution in [2.24, 2.45) is 0 Å². The van der Waals surface area contributed by atoms with E-state index in [4.69, 9.17) is 27.9 Å². The molecule has 10 heteroatoms. The van der Waals surface area contributed by atoms with E-state index in [1.54, 1.807) is 0 Å². The van der Waals surface area contributed by atoms with Crippen LogP contribution in [0, 0.1) is 0 Å². The molecule has 1 aromatic rings. The minimum Gasteiger partial charge on any atom is -0.442 e. The van der Waals surface area contributed by atoms with Crippen molar-refractivity contribution >= 4 is 51.5 Å². The molecule has 2 heterocycles. The Kier molecular flexibility index (Phi) is 6.22. The molecule has 1 saturated heterocycles. The van der Waals surface area contributed by atoms with Crippen LogP contribution in [0.2, 0.25) is 0 Å². The SMILES string of the molecule is O=C(NC[C@H]1CN(c2ccc(C3C=CS(O)(O)CC3)cc2)C(=O)O1)C(Cl)Cl. The fraction of sp³-hybridized carbons (Fsp3) is 0.412. The lowest BCUT2D eigenvalue weighted by Crippen LogP contribution is -2.37. The van der Waals surface area contributed by atoms with E-state index >= 15 is 0 Å². The number of allylic oxidation sites excluding steroid dienone is 1. The van der Waals surface area contributed by atoms with Gasteiger partial charge in [-0.2, -0.15) is 10.6 Å². The highest BCUT2D eigenvalue weighted by molar-refractivity contribution is 8.26. The number of cyclic esters (lactones) is 1. The van der Waals surface area contributed by atoms with Crippen LogP contribution in [-0.2, 0) is 9.53 Å². The number of carbonyl (C=O) groups is 2. The van der Waals surface area contributed by atoms with E-state index in [-0.39, 0.29) is 12.5 Å². The van der Waals surface area contributed by atoms with Crippen LogP contribution in [0.1, 0.15) is 17.9 Å². The Bertz CT molecular complexity index is 741. The predicted octanol–water partition coefficient (Wildman–Crippen LogP) is 3.68. The Morgan fingerprint density at radius 3 is 2.63 bits per heavy atom. The summed E-state index contributed by atoms with van der Waals surface area (Å²) in [6.45, 7) is 0.437. The number of hydrogen-bond donors (Lipinski definition) is 3. The Morgan fingerprint density at radius 1 is 1.33 bits per heavy atom. The largest absolute Gasteiger partial charge is 0.442 e. The van der Waals surface area contributed by atoms with Gasteiger partial charge in [0.2, 0.25) is 0 Å². The number of anilines is 1. The van der Waals surface area contributed by atoms with Crippen LogP contribution < -0.4 is 10.2 Å². The fourth-order valence-electron chi connectivity index (χ4n) is 2.99. The zero-order valence-corrected chi connectivity index (χ0v) is 16.6. The van der Waals surface area contributed by atoms with E-state index in [9.17, 15) is 18.7 Å². The Balaban J connectivity index is 1.60. The van der Waals surface area contributed by atoms with Crippen LogP contribution in [0.15, 0.2) is 35.7 Å². The maximum Gasteiger partial charge on any atom is 0.414 e. The first kappa shape index (κ1) is 20.3. The number of alkyl halides is 2. The molecule has 2 aliphatic heterocycles. The average Bonchev–Trinajstić information content (AvgIpc) is 3.00. The zero-order valence-electron chi connectivity index (χ0n) is 14.3. The number of benzene rings is 1. The second-order valence-electron chi connectivity index (χ2n) is 6.40. The lowest BCUT2D eigenvalue weighted by molar-refractivity contribution is -0.119. The molecule has 0 bridgehead atoms. The molecule has 2 amide bonds. The maximum atomic E-state index is 12.1. The third-order valence-corrected chi connectivity index (χ3v) is 6.29. The minimum absolute atomic E-state index is 0.117. The van der Waals surface area contributed by atoms with E-state index in [2.05, 4.69) is 5.32 Å². The molecule has 27 heavy (non-hydrogen) atoms. The van der Waals surface area contributed by atoms with Gasteiger partial charge >= 0.3 is 6.09 Å². The van der Waals surface area contributed by atoms with Crippen molar-refractivity contribution in [3.63, 3.8) is 0 Å². The highest BCUT2D eigenvalue weighted by Crippen LogP contribution is 2.47. The molecule has 0 spiro atoms. The quantitative estimate of drug-likeness (QED) is 0.613. The summed E-state index contributed by atoms with van der Waals surface area (Å²) in [7, 11) is -2.57. The van der Waals surface area contributed by atoms with Gasteiger partial charge in [-0.15, -0.1) is 0 Å². The van der Waals surface area contributed by atoms with E-state index in [1.807, 2.05) is 30.3 Å². The van der Waals surface area contributed by atoms with Crippen molar-refractivity contribution in [3.8, 4) is 0 Å². The number of rotatable bonds is 5. The van der Waals surface area contributed by atoms with Crippen LogP contribution in [0.5, 0.6) is 0 Å². The standard InChI is InChI=1S/C17H20Cl2N2O5S/c18-15(19)16(22)20-9-14-10-21(17(23)26-14)13-3-1-11(2-4-13)12-5-7-27(24,25)8-6-12/h1-5,7,12,14-15,24-25H,6,8-10H2,(H,20,22)/t12?,14-/m0/s1. The van der Waals surface area contributed by atoms with Crippen molar-refractivity contribution in [1.29, 1.82) is 0 Å². The molecule has 0 aliphatic carbocycles. The topological polar surface area (TPSA) is 99.1 Å². The van der Waals surface area contributed by atoms with E-state index < -0.39 is 33.5 Å². The van der Waals surface area contributed by atoms with Gasteiger partial charge in [0.1, 0.15) is 6.10 Å². The summed E-state index contributed by atoms with van der Waals surface area (Å²) in [5.41, 5.74) is 1.73. The molecule has 1 unspecified atom stereocenters. The van der Waals surface area contributed by atoms with Crippen LogP contribution in [0.25, 0.3) is 0 Å². The first-order valence-corrected chi connectivity index (χ1v) is 11.0. The number of hydrogen-bond acceptors (Lipinski definition) is 5. The highest BCUT2D eigenvalue weighted by atomic mass is 35.5. The molecular weight excluding hydrogens is 415 g/mol. The van der Waals surface area contributed by atoms with Crippen molar-refractivity contribution in [2.75, 3.05) is 23.7 Å². The number of nitrogens with one attached hydrogen (secondary N) is 1. The van der Waals surface area contributed by atoms with Gasteiger partial charge in [-0.1, -0.05) is 41.4 Å². The van der Waals surface area contributed by atoms with Gasteiger partial charge in [-0.3, -0.25) is 18.8 Å². The van der Waals surface area contributed by atoms with E-state index in [0.717, 1.165) is 5.56 Å². The smallest absolute Gasteiger partial charge is 0.414 e. The summed E-state index contributed by atoms with van der Waals surface area (Å²) >= 11 is 10.9. The van der Waals surface area contributed by atoms with Gasteiger partial charge in [0.05, 0.1) is 13.1 Å². The Hall–Kier alpha value is -1.45. The first-order chi connectivity index (χ1) is 12.7. The van der Waals surface area contributed by atoms with Crippen molar-refractivity contribution < 1.29 is 23.4 Å². The van der Waals surface area contributed by atoms with Crippen LogP contribution in [-0.4, -0.2) is 50.9 Å². The number of amides is 2. The van der Waals surface area contributed by atoms with E-state index in [0.29, 0.717) is 24.4 Å². The van der Waals surface area contributed by atoms with Crippen molar-refractivity contribution in [3.05, 3.63) is 41.3 Å².